The van der Waals surface area contributed by atoms with E-state index in [9.17, 15) is 10.1 Å². The topological polar surface area (TPSA) is 56.1 Å². The van der Waals surface area contributed by atoms with Gasteiger partial charge in [-0.15, -0.1) is 0 Å². The van der Waals surface area contributed by atoms with Crippen LogP contribution in [0.3, 0.4) is 0 Å². The lowest BCUT2D eigenvalue weighted by Crippen LogP contribution is -2.21. The van der Waals surface area contributed by atoms with Crippen molar-refractivity contribution in [1.82, 2.24) is 0 Å². The molecule has 134 valence electrons. The highest BCUT2D eigenvalue weighted by atomic mass is 35.5. The van der Waals surface area contributed by atoms with E-state index < -0.39 is 5.91 Å². The number of rotatable bonds is 6. The summed E-state index contributed by atoms with van der Waals surface area (Å²) in [6.45, 7) is 6.02. The van der Waals surface area contributed by atoms with E-state index in [2.05, 4.69) is 24.1 Å². The first kappa shape index (κ1) is 19.8. The van der Waals surface area contributed by atoms with Gasteiger partial charge in [-0.1, -0.05) is 35.3 Å². The van der Waals surface area contributed by atoms with Crippen LogP contribution in [0.1, 0.15) is 19.4 Å². The third kappa shape index (κ3) is 5.01. The van der Waals surface area contributed by atoms with Crippen LogP contribution in [0.15, 0.2) is 48.0 Å². The van der Waals surface area contributed by atoms with Crippen molar-refractivity contribution in [3.63, 3.8) is 0 Å². The number of nitrogens with zero attached hydrogens (tertiary/aromatic N) is 2. The quantitative estimate of drug-likeness (QED) is 0.534. The first-order chi connectivity index (χ1) is 12.5. The summed E-state index contributed by atoms with van der Waals surface area (Å²) in [6, 6.07) is 14.4. The van der Waals surface area contributed by atoms with E-state index in [-0.39, 0.29) is 5.57 Å². The lowest BCUT2D eigenvalue weighted by atomic mass is 10.1. The molecule has 0 saturated carbocycles. The summed E-state index contributed by atoms with van der Waals surface area (Å²) >= 11 is 11.9. The van der Waals surface area contributed by atoms with E-state index in [0.717, 1.165) is 24.3 Å². The van der Waals surface area contributed by atoms with Gasteiger partial charge in [-0.2, -0.15) is 5.26 Å². The molecule has 0 aromatic heterocycles. The Hall–Kier alpha value is -2.48. The van der Waals surface area contributed by atoms with E-state index in [1.807, 2.05) is 30.3 Å². The molecule has 4 nitrogen and oxygen atoms in total. The second-order valence-corrected chi connectivity index (χ2v) is 6.36. The number of hydrogen-bond acceptors (Lipinski definition) is 3. The molecule has 0 saturated heterocycles. The number of carbonyl (C=O) groups excluding carboxylic acids is 1. The van der Waals surface area contributed by atoms with E-state index in [1.54, 1.807) is 18.2 Å². The van der Waals surface area contributed by atoms with Gasteiger partial charge in [0.15, 0.2) is 0 Å². The molecule has 1 N–H and O–H groups in total. The van der Waals surface area contributed by atoms with Crippen LogP contribution in [0.5, 0.6) is 0 Å². The molecular weight excluding hydrogens is 369 g/mol. The Labute approximate surface area is 163 Å². The largest absolute Gasteiger partial charge is 0.372 e. The zero-order valence-corrected chi connectivity index (χ0v) is 16.1. The molecule has 26 heavy (non-hydrogen) atoms. The third-order valence-electron chi connectivity index (χ3n) is 3.88. The van der Waals surface area contributed by atoms with Gasteiger partial charge in [-0.05, 0) is 55.8 Å². The first-order valence-electron chi connectivity index (χ1n) is 8.21. The highest BCUT2D eigenvalue weighted by molar-refractivity contribution is 6.36. The molecular formula is C20H19Cl2N3O. The van der Waals surface area contributed by atoms with Crippen molar-refractivity contribution >= 4 is 46.6 Å². The van der Waals surface area contributed by atoms with Crippen LogP contribution in [0.4, 0.5) is 11.4 Å². The standard InChI is InChI=1S/C20H19Cl2N3O/c1-3-25(4-2)17-8-5-14(6-9-17)11-15(13-23)20(26)24-19-10-7-16(21)12-18(19)22/h5-12H,3-4H2,1-2H3,(H,24,26). The van der Waals surface area contributed by atoms with Crippen LogP contribution in [-0.4, -0.2) is 19.0 Å². The Morgan fingerprint density at radius 2 is 1.81 bits per heavy atom. The maximum absolute atomic E-state index is 12.4. The maximum atomic E-state index is 12.4. The average molecular weight is 388 g/mol. The van der Waals surface area contributed by atoms with Crippen LogP contribution in [0.25, 0.3) is 6.08 Å². The van der Waals surface area contributed by atoms with Crippen LogP contribution < -0.4 is 10.2 Å². The van der Waals surface area contributed by atoms with Gasteiger partial charge >= 0.3 is 0 Å². The van der Waals surface area contributed by atoms with Gasteiger partial charge in [0.05, 0.1) is 10.7 Å². The molecule has 0 radical (unpaired) electrons. The summed E-state index contributed by atoms with van der Waals surface area (Å²) in [6.07, 6.45) is 1.55. The SMILES string of the molecule is CCN(CC)c1ccc(C=C(C#N)C(=O)Nc2ccc(Cl)cc2Cl)cc1. The maximum Gasteiger partial charge on any atom is 0.266 e. The van der Waals surface area contributed by atoms with Gasteiger partial charge < -0.3 is 10.2 Å². The predicted octanol–water partition coefficient (Wildman–Crippen LogP) is 5.39. The minimum atomic E-state index is -0.524. The molecule has 0 aliphatic rings. The van der Waals surface area contributed by atoms with Gasteiger partial charge in [0, 0.05) is 23.8 Å². The summed E-state index contributed by atoms with van der Waals surface area (Å²) in [5.74, 6) is -0.524. The fourth-order valence-corrected chi connectivity index (χ4v) is 2.92. The van der Waals surface area contributed by atoms with Gasteiger partial charge in [0.1, 0.15) is 11.6 Å². The minimum Gasteiger partial charge on any atom is -0.372 e. The number of carbonyl (C=O) groups is 1. The molecule has 2 aromatic rings. The molecule has 6 heteroatoms. The fraction of sp³-hybridized carbons (Fsp3) is 0.200. The number of hydrogen-bond donors (Lipinski definition) is 1. The Morgan fingerprint density at radius 1 is 1.15 bits per heavy atom. The van der Waals surface area contributed by atoms with Gasteiger partial charge in [0.2, 0.25) is 0 Å². The second kappa shape index (κ2) is 9.28. The van der Waals surface area contributed by atoms with Crippen molar-refractivity contribution < 1.29 is 4.79 Å². The minimum absolute atomic E-state index is 0.00777. The highest BCUT2D eigenvalue weighted by Crippen LogP contribution is 2.26. The Morgan fingerprint density at radius 3 is 2.35 bits per heavy atom. The fourth-order valence-electron chi connectivity index (χ4n) is 2.47. The van der Waals surface area contributed by atoms with Crippen molar-refractivity contribution in [3.8, 4) is 6.07 Å². The van der Waals surface area contributed by atoms with Gasteiger partial charge in [-0.25, -0.2) is 0 Å². The predicted molar refractivity (Wildman–Crippen MR) is 109 cm³/mol. The van der Waals surface area contributed by atoms with E-state index in [4.69, 9.17) is 23.2 Å². The smallest absolute Gasteiger partial charge is 0.266 e. The number of benzene rings is 2. The van der Waals surface area contributed by atoms with Crippen LogP contribution in [0, 0.1) is 11.3 Å². The van der Waals surface area contributed by atoms with Crippen LogP contribution in [-0.2, 0) is 4.79 Å². The lowest BCUT2D eigenvalue weighted by molar-refractivity contribution is -0.112. The third-order valence-corrected chi connectivity index (χ3v) is 4.42. The summed E-state index contributed by atoms with van der Waals surface area (Å²) in [5, 5.41) is 12.7. The number of nitriles is 1. The van der Waals surface area contributed by atoms with E-state index in [1.165, 1.54) is 6.07 Å². The number of nitrogens with one attached hydrogen (secondary N) is 1. The van der Waals surface area contributed by atoms with Gasteiger partial charge in [0.25, 0.3) is 5.91 Å². The van der Waals surface area contributed by atoms with E-state index >= 15 is 0 Å². The monoisotopic (exact) mass is 387 g/mol. The number of halogens is 2. The van der Waals surface area contributed by atoms with Crippen molar-refractivity contribution in [3.05, 3.63) is 63.6 Å². The zero-order valence-electron chi connectivity index (χ0n) is 14.6. The zero-order chi connectivity index (χ0) is 19.1. The Kier molecular flexibility index (Phi) is 7.08. The molecule has 0 unspecified atom stereocenters. The highest BCUT2D eigenvalue weighted by Gasteiger charge is 2.12. The molecule has 0 bridgehead atoms. The van der Waals surface area contributed by atoms with Crippen molar-refractivity contribution in [2.45, 2.75) is 13.8 Å². The molecule has 0 fully saturated rings. The van der Waals surface area contributed by atoms with Crippen molar-refractivity contribution in [2.24, 2.45) is 0 Å². The molecule has 1 amide bonds. The summed E-state index contributed by atoms with van der Waals surface area (Å²) in [5.41, 5.74) is 2.27. The molecule has 0 aliphatic heterocycles. The number of anilines is 2. The van der Waals surface area contributed by atoms with Crippen LogP contribution >= 0.6 is 23.2 Å². The first-order valence-corrected chi connectivity index (χ1v) is 8.97. The van der Waals surface area contributed by atoms with Crippen LogP contribution in [0.2, 0.25) is 10.0 Å². The normalized spacial score (nSPS) is 11.0. The summed E-state index contributed by atoms with van der Waals surface area (Å²) in [7, 11) is 0. The Balaban J connectivity index is 2.19. The summed E-state index contributed by atoms with van der Waals surface area (Å²) < 4.78 is 0. The lowest BCUT2D eigenvalue weighted by Gasteiger charge is -2.20. The molecule has 0 heterocycles. The molecule has 0 aliphatic carbocycles. The molecule has 2 aromatic carbocycles. The average Bonchev–Trinajstić information content (AvgIpc) is 2.64. The molecule has 0 atom stereocenters. The number of amides is 1. The molecule has 2 rings (SSSR count). The summed E-state index contributed by atoms with van der Waals surface area (Å²) in [4.78, 5) is 14.6. The van der Waals surface area contributed by atoms with E-state index in [0.29, 0.717) is 15.7 Å². The van der Waals surface area contributed by atoms with Crippen molar-refractivity contribution in [2.75, 3.05) is 23.3 Å². The van der Waals surface area contributed by atoms with Crippen molar-refractivity contribution in [1.29, 1.82) is 5.26 Å². The second-order valence-electron chi connectivity index (χ2n) is 5.51. The molecule has 0 spiro atoms. The van der Waals surface area contributed by atoms with Gasteiger partial charge in [-0.3, -0.25) is 4.79 Å². The Bertz CT molecular complexity index is 850.